The number of hydrogen-bond acceptors (Lipinski definition) is 5. The van der Waals surface area contributed by atoms with Crippen LogP contribution in [0.5, 0.6) is 0 Å². The molecule has 0 bridgehead atoms. The van der Waals surface area contributed by atoms with Gasteiger partial charge in [-0.15, -0.1) is 0 Å². The summed E-state index contributed by atoms with van der Waals surface area (Å²) in [6.07, 6.45) is -4.44. The van der Waals surface area contributed by atoms with Gasteiger partial charge in [0, 0.05) is 17.2 Å². The number of halogens is 4. The van der Waals surface area contributed by atoms with Crippen LogP contribution in [0.25, 0.3) is 22.8 Å². The lowest BCUT2D eigenvalue weighted by atomic mass is 10.1. The molecular formula is C15H7ClF3N3O3. The third kappa shape index (κ3) is 3.45. The van der Waals surface area contributed by atoms with E-state index in [4.69, 9.17) is 16.1 Å². The average Bonchev–Trinajstić information content (AvgIpc) is 3.04. The van der Waals surface area contributed by atoms with Crippen molar-refractivity contribution in [2.75, 3.05) is 0 Å². The monoisotopic (exact) mass is 369 g/mol. The van der Waals surface area contributed by atoms with Gasteiger partial charge in [-0.1, -0.05) is 28.9 Å². The average molecular weight is 370 g/mol. The highest BCUT2D eigenvalue weighted by atomic mass is 35.5. The Morgan fingerprint density at radius 3 is 2.32 bits per heavy atom. The summed E-state index contributed by atoms with van der Waals surface area (Å²) < 4.78 is 42.7. The summed E-state index contributed by atoms with van der Waals surface area (Å²) in [5.74, 6) is 0.0380. The Morgan fingerprint density at radius 1 is 1.08 bits per heavy atom. The Hall–Kier alpha value is -2.94. The minimum atomic E-state index is -4.44. The van der Waals surface area contributed by atoms with Crippen molar-refractivity contribution < 1.29 is 22.6 Å². The molecule has 0 saturated carbocycles. The van der Waals surface area contributed by atoms with Crippen LogP contribution in [0, 0.1) is 10.1 Å². The van der Waals surface area contributed by atoms with Gasteiger partial charge in [-0.05, 0) is 24.3 Å². The molecule has 0 unspecified atom stereocenters. The molecule has 2 aromatic carbocycles. The molecule has 0 saturated heterocycles. The molecule has 0 spiro atoms. The summed E-state index contributed by atoms with van der Waals surface area (Å²) in [6, 6.07) is 8.17. The van der Waals surface area contributed by atoms with Crippen LogP contribution in [0.2, 0.25) is 5.02 Å². The molecule has 0 aliphatic heterocycles. The minimum Gasteiger partial charge on any atom is -0.334 e. The molecule has 3 aromatic rings. The van der Waals surface area contributed by atoms with Gasteiger partial charge in [-0.25, -0.2) is 0 Å². The number of hydrogen-bond donors (Lipinski definition) is 0. The van der Waals surface area contributed by atoms with Crippen molar-refractivity contribution in [2.45, 2.75) is 6.18 Å². The lowest BCUT2D eigenvalue weighted by Crippen LogP contribution is -2.04. The van der Waals surface area contributed by atoms with E-state index in [9.17, 15) is 23.3 Å². The standard InChI is InChI=1S/C15H7ClF3N3O3/c16-11-6-3-9(7-12(11)22(23)24)14-20-13(21-25-14)8-1-4-10(5-2-8)15(17,18)19/h1-7H. The first-order valence-corrected chi connectivity index (χ1v) is 7.09. The highest BCUT2D eigenvalue weighted by molar-refractivity contribution is 6.32. The Labute approximate surface area is 143 Å². The Balaban J connectivity index is 1.93. The van der Waals surface area contributed by atoms with Crippen LogP contribution in [-0.2, 0) is 6.18 Å². The molecule has 0 atom stereocenters. The van der Waals surface area contributed by atoms with E-state index in [1.54, 1.807) is 0 Å². The molecule has 10 heteroatoms. The largest absolute Gasteiger partial charge is 0.416 e. The molecule has 25 heavy (non-hydrogen) atoms. The maximum Gasteiger partial charge on any atom is 0.416 e. The first-order valence-electron chi connectivity index (χ1n) is 6.71. The lowest BCUT2D eigenvalue weighted by Gasteiger charge is -2.05. The third-order valence-electron chi connectivity index (χ3n) is 3.29. The van der Waals surface area contributed by atoms with Gasteiger partial charge in [-0.2, -0.15) is 18.2 Å². The van der Waals surface area contributed by atoms with Gasteiger partial charge < -0.3 is 4.52 Å². The van der Waals surface area contributed by atoms with E-state index >= 15 is 0 Å². The van der Waals surface area contributed by atoms with Crippen molar-refractivity contribution in [3.63, 3.8) is 0 Å². The summed E-state index contributed by atoms with van der Waals surface area (Å²) >= 11 is 5.73. The van der Waals surface area contributed by atoms with E-state index < -0.39 is 16.7 Å². The van der Waals surface area contributed by atoms with E-state index in [1.807, 2.05) is 0 Å². The second kappa shape index (κ2) is 6.17. The predicted octanol–water partition coefficient (Wildman–Crippen LogP) is 4.98. The molecule has 0 fully saturated rings. The Morgan fingerprint density at radius 2 is 1.72 bits per heavy atom. The second-order valence-electron chi connectivity index (χ2n) is 4.92. The number of benzene rings is 2. The van der Waals surface area contributed by atoms with Gasteiger partial charge in [0.25, 0.3) is 11.6 Å². The summed E-state index contributed by atoms with van der Waals surface area (Å²) in [7, 11) is 0. The highest BCUT2D eigenvalue weighted by Gasteiger charge is 2.30. The predicted molar refractivity (Wildman–Crippen MR) is 81.8 cm³/mol. The van der Waals surface area contributed by atoms with E-state index in [2.05, 4.69) is 10.1 Å². The molecule has 0 aliphatic rings. The van der Waals surface area contributed by atoms with Crippen molar-refractivity contribution in [3.05, 3.63) is 63.2 Å². The van der Waals surface area contributed by atoms with E-state index in [0.29, 0.717) is 5.56 Å². The van der Waals surface area contributed by atoms with Crippen molar-refractivity contribution in [1.29, 1.82) is 0 Å². The number of nitro groups is 1. The van der Waals surface area contributed by atoms with Gasteiger partial charge in [0.15, 0.2) is 0 Å². The number of alkyl halides is 3. The van der Waals surface area contributed by atoms with Crippen LogP contribution in [0.4, 0.5) is 18.9 Å². The zero-order valence-electron chi connectivity index (χ0n) is 12.1. The summed E-state index contributed by atoms with van der Waals surface area (Å²) in [5, 5.41) is 14.5. The molecule has 0 radical (unpaired) electrons. The van der Waals surface area contributed by atoms with Gasteiger partial charge >= 0.3 is 6.18 Å². The Bertz CT molecular complexity index is 939. The van der Waals surface area contributed by atoms with Crippen molar-refractivity contribution >= 4 is 17.3 Å². The highest BCUT2D eigenvalue weighted by Crippen LogP contribution is 2.32. The lowest BCUT2D eigenvalue weighted by molar-refractivity contribution is -0.384. The van der Waals surface area contributed by atoms with Crippen LogP contribution in [-0.4, -0.2) is 15.1 Å². The van der Waals surface area contributed by atoms with Crippen molar-refractivity contribution in [2.24, 2.45) is 0 Å². The fourth-order valence-electron chi connectivity index (χ4n) is 2.05. The zero-order valence-corrected chi connectivity index (χ0v) is 12.9. The van der Waals surface area contributed by atoms with E-state index in [0.717, 1.165) is 12.1 Å². The molecule has 0 N–H and O–H groups in total. The van der Waals surface area contributed by atoms with Gasteiger partial charge in [0.1, 0.15) is 5.02 Å². The van der Waals surface area contributed by atoms with Crippen molar-refractivity contribution in [3.8, 4) is 22.8 Å². The fraction of sp³-hybridized carbons (Fsp3) is 0.0667. The first-order chi connectivity index (χ1) is 11.8. The summed E-state index contributed by atoms with van der Waals surface area (Å²) in [6.45, 7) is 0. The van der Waals surface area contributed by atoms with Crippen LogP contribution in [0.15, 0.2) is 47.0 Å². The number of nitro benzene ring substituents is 1. The van der Waals surface area contributed by atoms with Gasteiger partial charge in [0.05, 0.1) is 10.5 Å². The van der Waals surface area contributed by atoms with Gasteiger partial charge in [0.2, 0.25) is 5.82 Å². The molecule has 128 valence electrons. The number of rotatable bonds is 3. The Kier molecular flexibility index (Phi) is 4.17. The fourth-order valence-corrected chi connectivity index (χ4v) is 2.24. The summed E-state index contributed by atoms with van der Waals surface area (Å²) in [5.41, 5.74) is -0.546. The molecule has 0 amide bonds. The molecule has 0 aliphatic carbocycles. The van der Waals surface area contributed by atoms with Crippen LogP contribution in [0.1, 0.15) is 5.56 Å². The smallest absolute Gasteiger partial charge is 0.334 e. The SMILES string of the molecule is O=[N+]([O-])c1cc(-c2nc(-c3ccc(C(F)(F)F)cc3)no2)ccc1Cl. The quantitative estimate of drug-likeness (QED) is 0.480. The maximum atomic E-state index is 12.6. The molecule has 6 nitrogen and oxygen atoms in total. The molecule has 3 rings (SSSR count). The van der Waals surface area contributed by atoms with Crippen LogP contribution < -0.4 is 0 Å². The zero-order chi connectivity index (χ0) is 18.2. The number of aromatic nitrogens is 2. The molecule has 1 heterocycles. The van der Waals surface area contributed by atoms with E-state index in [-0.39, 0.29) is 28.0 Å². The van der Waals surface area contributed by atoms with E-state index in [1.165, 1.54) is 30.3 Å². The first kappa shape index (κ1) is 16.9. The maximum absolute atomic E-state index is 12.6. The van der Waals surface area contributed by atoms with Crippen LogP contribution in [0.3, 0.4) is 0 Å². The summed E-state index contributed by atoms with van der Waals surface area (Å²) in [4.78, 5) is 14.3. The van der Waals surface area contributed by atoms with Crippen molar-refractivity contribution in [1.82, 2.24) is 10.1 Å². The number of nitrogens with zero attached hydrogens (tertiary/aromatic N) is 3. The van der Waals surface area contributed by atoms with Crippen LogP contribution >= 0.6 is 11.6 Å². The second-order valence-corrected chi connectivity index (χ2v) is 5.33. The topological polar surface area (TPSA) is 82.1 Å². The molecular weight excluding hydrogens is 363 g/mol. The third-order valence-corrected chi connectivity index (χ3v) is 3.61. The van der Waals surface area contributed by atoms with Gasteiger partial charge in [-0.3, -0.25) is 10.1 Å². The minimum absolute atomic E-state index is 0.0188. The molecule has 1 aromatic heterocycles. The normalized spacial score (nSPS) is 11.5.